The largest absolute Gasteiger partial charge is 0.396 e. The van der Waals surface area contributed by atoms with Gasteiger partial charge in [-0.15, -0.1) is 24.9 Å². The maximum absolute atomic E-state index is 14.6. The molecule has 0 aliphatic carbocycles. The van der Waals surface area contributed by atoms with Crippen LogP contribution in [-0.2, 0) is 20.9 Å². The smallest absolute Gasteiger partial charge is 0.247 e. The summed E-state index contributed by atoms with van der Waals surface area (Å²) in [6.45, 7) is 11.1. The molecule has 0 radical (unpaired) electrons. The summed E-state index contributed by atoms with van der Waals surface area (Å²) in [6, 6.07) is 18.6. The van der Waals surface area contributed by atoms with Crippen molar-refractivity contribution >= 4 is 35.2 Å². The molecule has 8 heteroatoms. The Hall–Kier alpha value is -3.36. The Morgan fingerprint density at radius 1 is 1.05 bits per heavy atom. The minimum atomic E-state index is -0.721. The summed E-state index contributed by atoms with van der Waals surface area (Å²) >= 11 is 1.67. The molecular formula is C33H39N3O4S. The molecule has 2 aromatic carbocycles. The quantitative estimate of drug-likeness (QED) is 0.386. The Bertz CT molecular complexity index is 1290. The molecule has 3 amide bonds. The van der Waals surface area contributed by atoms with Gasteiger partial charge in [0.1, 0.15) is 6.04 Å². The molecule has 3 aliphatic rings. The minimum absolute atomic E-state index is 0.0558. The Balaban J connectivity index is 1.54. The first-order chi connectivity index (χ1) is 19.9. The van der Waals surface area contributed by atoms with Crippen LogP contribution in [0.4, 0.5) is 5.69 Å². The highest BCUT2D eigenvalue weighted by molar-refractivity contribution is 8.02. The molecule has 3 fully saturated rings. The normalized spacial score (nSPS) is 27.9. The van der Waals surface area contributed by atoms with Crippen LogP contribution in [0.15, 0.2) is 86.0 Å². The van der Waals surface area contributed by atoms with E-state index in [1.54, 1.807) is 38.6 Å². The lowest BCUT2D eigenvalue weighted by Crippen LogP contribution is -2.57. The number of carbonyl (C=O) groups is 3. The van der Waals surface area contributed by atoms with Crippen molar-refractivity contribution in [3.63, 3.8) is 0 Å². The highest BCUT2D eigenvalue weighted by Crippen LogP contribution is 2.69. The Morgan fingerprint density at radius 2 is 1.71 bits per heavy atom. The van der Waals surface area contributed by atoms with E-state index in [0.29, 0.717) is 26.1 Å². The molecule has 1 N–H and O–H groups in total. The lowest BCUT2D eigenvalue weighted by Gasteiger charge is -2.41. The number of para-hydroxylation sites is 1. The van der Waals surface area contributed by atoms with Gasteiger partial charge < -0.3 is 19.8 Å². The number of hydrogen-bond acceptors (Lipinski definition) is 5. The second kappa shape index (κ2) is 12.2. The van der Waals surface area contributed by atoms with Gasteiger partial charge in [-0.05, 0) is 36.5 Å². The van der Waals surface area contributed by atoms with Gasteiger partial charge in [0.25, 0.3) is 0 Å². The van der Waals surface area contributed by atoms with Gasteiger partial charge in [-0.25, -0.2) is 0 Å². The molecule has 216 valence electrons. The van der Waals surface area contributed by atoms with Gasteiger partial charge in [-0.1, -0.05) is 67.6 Å². The Kier molecular flexibility index (Phi) is 8.71. The van der Waals surface area contributed by atoms with Crippen LogP contribution in [0.25, 0.3) is 0 Å². The zero-order chi connectivity index (χ0) is 29.1. The molecule has 2 aromatic rings. The minimum Gasteiger partial charge on any atom is -0.396 e. The molecule has 6 atom stereocenters. The number of likely N-dealkylation sites (tertiary alicyclic amines) is 1. The molecule has 3 heterocycles. The van der Waals surface area contributed by atoms with Gasteiger partial charge in [-0.3, -0.25) is 14.4 Å². The molecule has 2 bridgehead atoms. The number of hydrogen-bond donors (Lipinski definition) is 1. The average molecular weight is 574 g/mol. The van der Waals surface area contributed by atoms with Gasteiger partial charge in [0.15, 0.2) is 0 Å². The van der Waals surface area contributed by atoms with E-state index in [0.717, 1.165) is 17.7 Å². The summed E-state index contributed by atoms with van der Waals surface area (Å²) in [6.07, 6.45) is 4.55. The second-order valence-corrected chi connectivity index (χ2v) is 12.8. The van der Waals surface area contributed by atoms with E-state index >= 15 is 0 Å². The first kappa shape index (κ1) is 29.1. The van der Waals surface area contributed by atoms with Gasteiger partial charge >= 0.3 is 0 Å². The SMILES string of the molecule is C=CCN(Cc1ccccc1)C(=O)C1N(CCCO)C(=O)[C@@H]2[C@@H](C(=O)N(CC=C)c3ccccc3)[C@H]3CC(C)C12S3. The van der Waals surface area contributed by atoms with E-state index in [1.165, 1.54) is 0 Å². The zero-order valence-corrected chi connectivity index (χ0v) is 24.4. The Labute approximate surface area is 246 Å². The number of anilines is 1. The Morgan fingerprint density at radius 3 is 2.34 bits per heavy atom. The number of fused-ring (bicyclic) bond motifs is 1. The fourth-order valence-corrected chi connectivity index (χ4v) is 9.58. The van der Waals surface area contributed by atoms with Crippen molar-refractivity contribution in [2.24, 2.45) is 17.8 Å². The summed E-state index contributed by atoms with van der Waals surface area (Å²) in [5.74, 6) is -1.46. The lowest BCUT2D eigenvalue weighted by atomic mass is 9.65. The second-order valence-electron chi connectivity index (χ2n) is 11.2. The number of aliphatic hydroxyl groups is 1. The zero-order valence-electron chi connectivity index (χ0n) is 23.6. The third-order valence-electron chi connectivity index (χ3n) is 8.84. The first-order valence-corrected chi connectivity index (χ1v) is 15.3. The van der Waals surface area contributed by atoms with Crippen LogP contribution in [0.1, 0.15) is 25.3 Å². The van der Waals surface area contributed by atoms with E-state index in [4.69, 9.17) is 0 Å². The molecule has 3 unspecified atom stereocenters. The molecule has 5 rings (SSSR count). The molecule has 41 heavy (non-hydrogen) atoms. The molecule has 7 nitrogen and oxygen atoms in total. The monoisotopic (exact) mass is 573 g/mol. The molecule has 0 aromatic heterocycles. The van der Waals surface area contributed by atoms with Crippen LogP contribution in [0.5, 0.6) is 0 Å². The number of carbonyl (C=O) groups excluding carboxylic acids is 3. The summed E-state index contributed by atoms with van der Waals surface area (Å²) in [7, 11) is 0. The highest BCUT2D eigenvalue weighted by atomic mass is 32.2. The van der Waals surface area contributed by atoms with Gasteiger partial charge in [-0.2, -0.15) is 0 Å². The summed E-state index contributed by atoms with van der Waals surface area (Å²) in [5, 5.41) is 9.63. The van der Waals surface area contributed by atoms with Crippen LogP contribution in [0.2, 0.25) is 0 Å². The van der Waals surface area contributed by atoms with E-state index < -0.39 is 22.6 Å². The predicted octanol–water partition coefficient (Wildman–Crippen LogP) is 4.14. The van der Waals surface area contributed by atoms with Crippen LogP contribution in [-0.4, -0.2) is 74.9 Å². The maximum Gasteiger partial charge on any atom is 0.247 e. The number of benzene rings is 2. The van der Waals surface area contributed by atoms with Crippen LogP contribution in [0.3, 0.4) is 0 Å². The summed E-state index contributed by atoms with van der Waals surface area (Å²) < 4.78 is -0.721. The number of aliphatic hydroxyl groups excluding tert-OH is 1. The van der Waals surface area contributed by atoms with Crippen molar-refractivity contribution < 1.29 is 19.5 Å². The van der Waals surface area contributed by atoms with Crippen molar-refractivity contribution in [2.75, 3.05) is 31.1 Å². The van der Waals surface area contributed by atoms with Crippen LogP contribution < -0.4 is 4.90 Å². The van der Waals surface area contributed by atoms with Gasteiger partial charge in [0.05, 0.1) is 16.6 Å². The van der Waals surface area contributed by atoms with Crippen molar-refractivity contribution in [2.45, 2.75) is 42.3 Å². The van der Waals surface area contributed by atoms with Crippen molar-refractivity contribution in [1.29, 1.82) is 0 Å². The molecule has 3 saturated heterocycles. The number of amides is 3. The van der Waals surface area contributed by atoms with Crippen LogP contribution in [0, 0.1) is 17.8 Å². The fraction of sp³-hybridized carbons (Fsp3) is 0.424. The summed E-state index contributed by atoms with van der Waals surface area (Å²) in [5.41, 5.74) is 1.76. The highest BCUT2D eigenvalue weighted by Gasteiger charge is 2.76. The maximum atomic E-state index is 14.6. The average Bonchev–Trinajstić information content (AvgIpc) is 3.58. The van der Waals surface area contributed by atoms with Crippen LogP contribution >= 0.6 is 11.8 Å². The third kappa shape index (κ3) is 5.01. The third-order valence-corrected chi connectivity index (χ3v) is 10.9. The van der Waals surface area contributed by atoms with Crippen molar-refractivity contribution in [3.05, 3.63) is 91.5 Å². The topological polar surface area (TPSA) is 81.2 Å². The molecule has 1 spiro atoms. The number of nitrogens with zero attached hydrogens (tertiary/aromatic N) is 3. The molecule has 3 aliphatic heterocycles. The van der Waals surface area contributed by atoms with Crippen molar-refractivity contribution in [1.82, 2.24) is 9.80 Å². The van der Waals surface area contributed by atoms with Crippen molar-refractivity contribution in [3.8, 4) is 0 Å². The van der Waals surface area contributed by atoms with E-state index in [9.17, 15) is 19.5 Å². The molecule has 0 saturated carbocycles. The van der Waals surface area contributed by atoms with E-state index in [2.05, 4.69) is 20.1 Å². The first-order valence-electron chi connectivity index (χ1n) is 14.4. The van der Waals surface area contributed by atoms with E-state index in [1.807, 2.05) is 60.7 Å². The van der Waals surface area contributed by atoms with Gasteiger partial charge in [0.2, 0.25) is 17.7 Å². The van der Waals surface area contributed by atoms with E-state index in [-0.39, 0.29) is 42.0 Å². The summed E-state index contributed by atoms with van der Waals surface area (Å²) in [4.78, 5) is 48.4. The lowest BCUT2D eigenvalue weighted by molar-refractivity contribution is -0.143. The van der Waals surface area contributed by atoms with Gasteiger partial charge in [0, 0.05) is 43.7 Å². The fourth-order valence-electron chi connectivity index (χ4n) is 7.17. The number of thioether (sulfide) groups is 1. The predicted molar refractivity (Wildman–Crippen MR) is 163 cm³/mol. The molecular weight excluding hydrogens is 534 g/mol. The number of rotatable bonds is 12. The standard InChI is InChI=1S/C33H39N3O4S/c1-4-17-34(22-24-13-8-6-9-14-24)32(40)29-33-23(3)21-26(41-33)27(28(33)31(39)36(29)19-12-20-37)30(38)35(18-5-2)25-15-10-7-11-16-25/h4-11,13-16,23,26-29,37H,1-2,12,17-22H2,3H3/t23?,26-,27+,28+,29?,33?/m1/s1.